The highest BCUT2D eigenvalue weighted by molar-refractivity contribution is 9.11. The van der Waals surface area contributed by atoms with Gasteiger partial charge in [0.05, 0.1) is 9.89 Å². The molecule has 0 aliphatic rings. The van der Waals surface area contributed by atoms with E-state index in [2.05, 4.69) is 21.3 Å². The fourth-order valence-corrected chi connectivity index (χ4v) is 3.30. The molecular weight excluding hydrogens is 360 g/mol. The third-order valence-corrected chi connectivity index (χ3v) is 4.75. The molecule has 1 aromatic carbocycles. The van der Waals surface area contributed by atoms with Gasteiger partial charge in [0.2, 0.25) is 0 Å². The largest absolute Gasteiger partial charge is 0.388 e. The standard InChI is InChI=1S/C15H16BrF2NOS/c1-19(8-10-7-14(16)21-9-10)6-5-13(20)11-3-2-4-12(17)15(11)18/h2-4,7,9,13,20H,5-6,8H2,1H3. The molecule has 114 valence electrons. The molecule has 0 saturated heterocycles. The number of halogens is 3. The van der Waals surface area contributed by atoms with Crippen LogP contribution < -0.4 is 0 Å². The van der Waals surface area contributed by atoms with Gasteiger partial charge in [0, 0.05) is 18.7 Å². The molecule has 1 heterocycles. The Hall–Kier alpha value is -0.820. The van der Waals surface area contributed by atoms with E-state index in [9.17, 15) is 13.9 Å². The SMILES string of the molecule is CN(CCC(O)c1cccc(F)c1F)Cc1csc(Br)c1. The van der Waals surface area contributed by atoms with Crippen molar-refractivity contribution in [2.75, 3.05) is 13.6 Å². The molecule has 1 aromatic heterocycles. The normalized spacial score (nSPS) is 12.9. The number of thiophene rings is 1. The lowest BCUT2D eigenvalue weighted by atomic mass is 10.1. The number of hydrogen-bond acceptors (Lipinski definition) is 3. The first-order valence-electron chi connectivity index (χ1n) is 6.51. The van der Waals surface area contributed by atoms with Gasteiger partial charge < -0.3 is 10.0 Å². The van der Waals surface area contributed by atoms with Crippen molar-refractivity contribution in [3.63, 3.8) is 0 Å². The van der Waals surface area contributed by atoms with Crippen molar-refractivity contribution in [2.24, 2.45) is 0 Å². The topological polar surface area (TPSA) is 23.5 Å². The minimum absolute atomic E-state index is 0.0154. The van der Waals surface area contributed by atoms with Crippen molar-refractivity contribution in [1.82, 2.24) is 4.90 Å². The predicted molar refractivity (Wildman–Crippen MR) is 84.3 cm³/mol. The highest BCUT2D eigenvalue weighted by Gasteiger charge is 2.16. The Morgan fingerprint density at radius 3 is 2.81 bits per heavy atom. The van der Waals surface area contributed by atoms with Crippen molar-refractivity contribution in [1.29, 1.82) is 0 Å². The summed E-state index contributed by atoms with van der Waals surface area (Å²) in [4.78, 5) is 2.04. The van der Waals surface area contributed by atoms with E-state index in [-0.39, 0.29) is 5.56 Å². The molecule has 0 radical (unpaired) electrons. The number of aliphatic hydroxyl groups is 1. The first-order valence-corrected chi connectivity index (χ1v) is 8.18. The Balaban J connectivity index is 1.88. The van der Waals surface area contributed by atoms with Crippen molar-refractivity contribution >= 4 is 27.3 Å². The second-order valence-electron chi connectivity index (χ2n) is 4.94. The zero-order chi connectivity index (χ0) is 15.4. The molecule has 6 heteroatoms. The second-order valence-corrected chi connectivity index (χ2v) is 7.23. The Kier molecular flexibility index (Phi) is 5.87. The Bertz CT molecular complexity index is 605. The third kappa shape index (κ3) is 4.57. The summed E-state index contributed by atoms with van der Waals surface area (Å²) in [6, 6.07) is 5.92. The fraction of sp³-hybridized carbons (Fsp3) is 0.333. The molecule has 0 bridgehead atoms. The summed E-state index contributed by atoms with van der Waals surface area (Å²) in [6.45, 7) is 1.34. The Morgan fingerprint density at radius 2 is 2.14 bits per heavy atom. The van der Waals surface area contributed by atoms with Gasteiger partial charge in [0.15, 0.2) is 11.6 Å². The van der Waals surface area contributed by atoms with Crippen molar-refractivity contribution in [2.45, 2.75) is 19.1 Å². The summed E-state index contributed by atoms with van der Waals surface area (Å²) in [6.07, 6.45) is -0.653. The van der Waals surface area contributed by atoms with Crippen molar-refractivity contribution < 1.29 is 13.9 Å². The van der Waals surface area contributed by atoms with Gasteiger partial charge in [-0.05, 0) is 52.5 Å². The number of benzene rings is 1. The molecule has 2 aromatic rings. The number of aliphatic hydroxyl groups excluding tert-OH is 1. The summed E-state index contributed by atoms with van der Waals surface area (Å²) in [5.41, 5.74) is 1.20. The fourth-order valence-electron chi connectivity index (χ4n) is 2.10. The van der Waals surface area contributed by atoms with Gasteiger partial charge >= 0.3 is 0 Å². The number of rotatable bonds is 6. The molecule has 2 rings (SSSR count). The van der Waals surface area contributed by atoms with Crippen molar-refractivity contribution in [3.8, 4) is 0 Å². The highest BCUT2D eigenvalue weighted by atomic mass is 79.9. The van der Waals surface area contributed by atoms with Gasteiger partial charge in [-0.25, -0.2) is 8.78 Å². The van der Waals surface area contributed by atoms with E-state index >= 15 is 0 Å². The van der Waals surface area contributed by atoms with E-state index < -0.39 is 17.7 Å². The summed E-state index contributed by atoms with van der Waals surface area (Å²) < 4.78 is 27.8. The van der Waals surface area contributed by atoms with Gasteiger partial charge in [-0.3, -0.25) is 0 Å². The molecule has 0 aliphatic carbocycles. The molecule has 0 amide bonds. The van der Waals surface area contributed by atoms with Crippen LogP contribution in [0.5, 0.6) is 0 Å². The molecule has 1 atom stereocenters. The van der Waals surface area contributed by atoms with Gasteiger partial charge in [0.1, 0.15) is 0 Å². The second kappa shape index (κ2) is 7.45. The Morgan fingerprint density at radius 1 is 1.38 bits per heavy atom. The van der Waals surface area contributed by atoms with E-state index in [0.29, 0.717) is 13.0 Å². The van der Waals surface area contributed by atoms with Gasteiger partial charge in [-0.15, -0.1) is 11.3 Å². The van der Waals surface area contributed by atoms with E-state index in [1.54, 1.807) is 11.3 Å². The highest BCUT2D eigenvalue weighted by Crippen LogP contribution is 2.24. The van der Waals surface area contributed by atoms with Gasteiger partial charge in [-0.2, -0.15) is 0 Å². The van der Waals surface area contributed by atoms with E-state index in [1.165, 1.54) is 17.7 Å². The minimum atomic E-state index is -1.00. The molecular formula is C15H16BrF2NOS. The van der Waals surface area contributed by atoms with Gasteiger partial charge in [-0.1, -0.05) is 12.1 Å². The average molecular weight is 376 g/mol. The van der Waals surface area contributed by atoms with E-state index in [4.69, 9.17) is 0 Å². The van der Waals surface area contributed by atoms with Crippen LogP contribution in [0.1, 0.15) is 23.7 Å². The molecule has 0 spiro atoms. The van der Waals surface area contributed by atoms with Crippen LogP contribution in [-0.2, 0) is 6.54 Å². The first-order chi connectivity index (χ1) is 9.97. The zero-order valence-electron chi connectivity index (χ0n) is 11.5. The summed E-state index contributed by atoms with van der Waals surface area (Å²) in [7, 11) is 1.93. The first kappa shape index (κ1) is 16.5. The lowest BCUT2D eigenvalue weighted by Crippen LogP contribution is -2.21. The van der Waals surface area contributed by atoms with Crippen LogP contribution in [0.25, 0.3) is 0 Å². The monoisotopic (exact) mass is 375 g/mol. The number of nitrogens with zero attached hydrogens (tertiary/aromatic N) is 1. The van der Waals surface area contributed by atoms with Crippen LogP contribution >= 0.6 is 27.3 Å². The molecule has 2 nitrogen and oxygen atoms in total. The molecule has 0 saturated carbocycles. The maximum Gasteiger partial charge on any atom is 0.164 e. The molecule has 1 N–H and O–H groups in total. The molecule has 1 unspecified atom stereocenters. The lowest BCUT2D eigenvalue weighted by Gasteiger charge is -2.19. The quantitative estimate of drug-likeness (QED) is 0.811. The summed E-state index contributed by atoms with van der Waals surface area (Å²) >= 11 is 5.03. The van der Waals surface area contributed by atoms with E-state index in [0.717, 1.165) is 16.4 Å². The number of hydrogen-bond donors (Lipinski definition) is 1. The van der Waals surface area contributed by atoms with Crippen LogP contribution in [-0.4, -0.2) is 23.6 Å². The Labute approximate surface area is 135 Å². The smallest absolute Gasteiger partial charge is 0.164 e. The summed E-state index contributed by atoms with van der Waals surface area (Å²) in [5, 5.41) is 12.1. The van der Waals surface area contributed by atoms with E-state index in [1.807, 2.05) is 18.0 Å². The molecule has 0 aliphatic heterocycles. The molecule has 21 heavy (non-hydrogen) atoms. The van der Waals surface area contributed by atoms with Gasteiger partial charge in [0.25, 0.3) is 0 Å². The maximum absolute atomic E-state index is 13.6. The molecule has 0 fully saturated rings. The van der Waals surface area contributed by atoms with Crippen LogP contribution in [0.3, 0.4) is 0 Å². The van der Waals surface area contributed by atoms with Crippen LogP contribution in [0.2, 0.25) is 0 Å². The third-order valence-electron chi connectivity index (χ3n) is 3.20. The lowest BCUT2D eigenvalue weighted by molar-refractivity contribution is 0.143. The average Bonchev–Trinajstić information content (AvgIpc) is 2.84. The van der Waals surface area contributed by atoms with Crippen molar-refractivity contribution in [3.05, 3.63) is 56.2 Å². The predicted octanol–water partition coefficient (Wildman–Crippen LogP) is 4.34. The zero-order valence-corrected chi connectivity index (χ0v) is 13.9. The summed E-state index contributed by atoms with van der Waals surface area (Å²) in [5.74, 6) is -1.89. The minimum Gasteiger partial charge on any atom is -0.388 e. The van der Waals surface area contributed by atoms with Crippen LogP contribution in [0.15, 0.2) is 33.4 Å². The van der Waals surface area contributed by atoms with Crippen LogP contribution in [0.4, 0.5) is 8.78 Å². The van der Waals surface area contributed by atoms with Crippen LogP contribution in [0, 0.1) is 11.6 Å². The maximum atomic E-state index is 13.6.